The fourth-order valence-corrected chi connectivity index (χ4v) is 1.40. The monoisotopic (exact) mass is 238 g/mol. The van der Waals surface area contributed by atoms with Gasteiger partial charge in [-0.05, 0) is 24.6 Å². The van der Waals surface area contributed by atoms with E-state index in [2.05, 4.69) is 0 Å². The van der Waals surface area contributed by atoms with Crippen LogP contribution in [0.5, 0.6) is 0 Å². The van der Waals surface area contributed by atoms with Gasteiger partial charge in [0.2, 0.25) is 5.78 Å². The second kappa shape index (κ2) is 4.24. The van der Waals surface area contributed by atoms with E-state index in [1.54, 1.807) is 6.92 Å². The molecule has 1 rings (SSSR count). The van der Waals surface area contributed by atoms with Crippen LogP contribution in [0.15, 0.2) is 12.1 Å². The lowest BCUT2D eigenvalue weighted by Crippen LogP contribution is -2.10. The highest BCUT2D eigenvalue weighted by molar-refractivity contribution is 6.36. The minimum Gasteiger partial charge on any atom is -0.288 e. The van der Waals surface area contributed by atoms with Crippen LogP contribution in [0.25, 0.3) is 0 Å². The molecule has 0 bridgehead atoms. The second-order valence-electron chi connectivity index (χ2n) is 2.73. The Morgan fingerprint density at radius 2 is 1.71 bits per heavy atom. The minimum absolute atomic E-state index is 0.166. The van der Waals surface area contributed by atoms with E-state index >= 15 is 0 Å². The molecule has 5 heteroatoms. The Hall–Kier alpha value is -0.670. The van der Waals surface area contributed by atoms with E-state index in [1.165, 1.54) is 12.1 Å². The molecule has 0 aromatic heterocycles. The first-order valence-corrected chi connectivity index (χ1v) is 4.47. The summed E-state index contributed by atoms with van der Waals surface area (Å²) >= 11 is 11.4. The SMILES string of the molecule is Cc1c(Cl)cc(C(=O)C(F)F)cc1Cl. The van der Waals surface area contributed by atoms with Crippen molar-refractivity contribution in [2.45, 2.75) is 13.3 Å². The molecule has 1 aromatic rings. The number of alkyl halides is 2. The zero-order chi connectivity index (χ0) is 10.9. The van der Waals surface area contributed by atoms with E-state index in [1.807, 2.05) is 0 Å². The Morgan fingerprint density at radius 1 is 1.29 bits per heavy atom. The summed E-state index contributed by atoms with van der Waals surface area (Å²) in [7, 11) is 0. The highest BCUT2D eigenvalue weighted by Gasteiger charge is 2.19. The van der Waals surface area contributed by atoms with Crippen LogP contribution < -0.4 is 0 Å². The van der Waals surface area contributed by atoms with Gasteiger partial charge in [-0.15, -0.1) is 0 Å². The predicted octanol–water partition coefficient (Wildman–Crippen LogP) is 3.75. The number of carbonyl (C=O) groups is 1. The van der Waals surface area contributed by atoms with Crippen LogP contribution in [-0.4, -0.2) is 12.2 Å². The van der Waals surface area contributed by atoms with Gasteiger partial charge in [-0.3, -0.25) is 4.79 Å². The van der Waals surface area contributed by atoms with Crippen molar-refractivity contribution in [3.8, 4) is 0 Å². The molecule has 76 valence electrons. The van der Waals surface area contributed by atoms with Crippen molar-refractivity contribution in [1.29, 1.82) is 0 Å². The fourth-order valence-electron chi connectivity index (χ4n) is 0.914. The predicted molar refractivity (Wildman–Crippen MR) is 51.5 cm³/mol. The van der Waals surface area contributed by atoms with Crippen LogP contribution in [0.3, 0.4) is 0 Å². The smallest absolute Gasteiger partial charge is 0.288 e. The summed E-state index contributed by atoms with van der Waals surface area (Å²) in [4.78, 5) is 10.9. The molecular formula is C9H6Cl2F2O. The molecule has 0 atom stereocenters. The molecule has 0 spiro atoms. The molecule has 1 nitrogen and oxygen atoms in total. The molecule has 0 saturated heterocycles. The van der Waals surface area contributed by atoms with Gasteiger partial charge in [0.25, 0.3) is 0 Å². The third-order valence-corrected chi connectivity index (χ3v) is 2.55. The molecule has 14 heavy (non-hydrogen) atoms. The molecule has 0 fully saturated rings. The van der Waals surface area contributed by atoms with Crippen molar-refractivity contribution in [2.24, 2.45) is 0 Å². The molecule has 0 radical (unpaired) electrons. The highest BCUT2D eigenvalue weighted by Crippen LogP contribution is 2.26. The summed E-state index contributed by atoms with van der Waals surface area (Å²) in [5.74, 6) is -1.27. The average Bonchev–Trinajstić information content (AvgIpc) is 2.12. The highest BCUT2D eigenvalue weighted by atomic mass is 35.5. The number of Topliss-reactive ketones (excluding diaryl/α,β-unsaturated/α-hetero) is 1. The third kappa shape index (κ3) is 2.22. The van der Waals surface area contributed by atoms with Gasteiger partial charge in [-0.2, -0.15) is 0 Å². The van der Waals surface area contributed by atoms with Gasteiger partial charge in [-0.25, -0.2) is 8.78 Å². The Labute approximate surface area is 89.6 Å². The van der Waals surface area contributed by atoms with Crippen LogP contribution in [0.4, 0.5) is 8.78 Å². The van der Waals surface area contributed by atoms with E-state index in [0.717, 1.165) is 0 Å². The van der Waals surface area contributed by atoms with E-state index in [4.69, 9.17) is 23.2 Å². The number of ketones is 1. The van der Waals surface area contributed by atoms with Gasteiger partial charge >= 0.3 is 6.43 Å². The molecule has 0 aliphatic heterocycles. The Morgan fingerprint density at radius 3 is 2.07 bits per heavy atom. The Kier molecular flexibility index (Phi) is 3.45. The first kappa shape index (κ1) is 11.4. The van der Waals surface area contributed by atoms with Crippen molar-refractivity contribution in [3.63, 3.8) is 0 Å². The standard InChI is InChI=1S/C9H6Cl2F2O/c1-4-6(10)2-5(3-7(4)11)8(14)9(12)13/h2-3,9H,1H3. The fraction of sp³-hybridized carbons (Fsp3) is 0.222. The van der Waals surface area contributed by atoms with Crippen molar-refractivity contribution in [2.75, 3.05) is 0 Å². The molecule has 0 heterocycles. The zero-order valence-electron chi connectivity index (χ0n) is 7.15. The summed E-state index contributed by atoms with van der Waals surface area (Å²) in [5.41, 5.74) is 0.403. The van der Waals surface area contributed by atoms with Crippen molar-refractivity contribution >= 4 is 29.0 Å². The van der Waals surface area contributed by atoms with Crippen LogP contribution in [0.2, 0.25) is 10.0 Å². The van der Waals surface area contributed by atoms with Gasteiger partial charge in [0.05, 0.1) is 0 Å². The Balaban J connectivity index is 3.19. The van der Waals surface area contributed by atoms with Crippen molar-refractivity contribution in [1.82, 2.24) is 0 Å². The minimum atomic E-state index is -3.04. The number of benzene rings is 1. The maximum atomic E-state index is 12.0. The molecule has 1 aromatic carbocycles. The molecule has 0 amide bonds. The molecule has 0 unspecified atom stereocenters. The van der Waals surface area contributed by atoms with Crippen LogP contribution in [-0.2, 0) is 0 Å². The molecule has 0 saturated carbocycles. The molecule has 0 aliphatic rings. The first-order chi connectivity index (χ1) is 6.43. The van der Waals surface area contributed by atoms with Crippen LogP contribution in [0, 0.1) is 6.92 Å². The number of rotatable bonds is 2. The zero-order valence-corrected chi connectivity index (χ0v) is 8.66. The first-order valence-electron chi connectivity index (χ1n) is 3.71. The van der Waals surface area contributed by atoms with E-state index < -0.39 is 12.2 Å². The van der Waals surface area contributed by atoms with Crippen LogP contribution in [0.1, 0.15) is 15.9 Å². The van der Waals surface area contributed by atoms with Gasteiger partial charge in [-0.1, -0.05) is 23.2 Å². The van der Waals surface area contributed by atoms with Crippen molar-refractivity contribution in [3.05, 3.63) is 33.3 Å². The number of hydrogen-bond acceptors (Lipinski definition) is 1. The molecule has 0 aliphatic carbocycles. The van der Waals surface area contributed by atoms with Gasteiger partial charge in [0, 0.05) is 15.6 Å². The number of carbonyl (C=O) groups excluding carboxylic acids is 1. The third-order valence-electron chi connectivity index (χ3n) is 1.76. The summed E-state index contributed by atoms with van der Waals surface area (Å²) in [6.07, 6.45) is -3.04. The van der Waals surface area contributed by atoms with Gasteiger partial charge in [0.1, 0.15) is 0 Å². The second-order valence-corrected chi connectivity index (χ2v) is 3.54. The normalized spacial score (nSPS) is 10.7. The van der Waals surface area contributed by atoms with Crippen LogP contribution >= 0.6 is 23.2 Å². The summed E-state index contributed by atoms with van der Waals surface area (Å²) in [6.45, 7) is 1.64. The lowest BCUT2D eigenvalue weighted by atomic mass is 10.1. The number of halogens is 4. The summed E-state index contributed by atoms with van der Waals surface area (Å²) in [5, 5.41) is 0.419. The summed E-state index contributed by atoms with van der Waals surface area (Å²) in [6, 6.07) is 2.38. The lowest BCUT2D eigenvalue weighted by molar-refractivity contribution is 0.0679. The maximum absolute atomic E-state index is 12.0. The largest absolute Gasteiger partial charge is 0.300 e. The molecule has 0 N–H and O–H groups in total. The van der Waals surface area contributed by atoms with Gasteiger partial charge < -0.3 is 0 Å². The summed E-state index contributed by atoms with van der Waals surface area (Å²) < 4.78 is 24.1. The quantitative estimate of drug-likeness (QED) is 0.718. The average molecular weight is 239 g/mol. The van der Waals surface area contributed by atoms with Gasteiger partial charge in [0.15, 0.2) is 0 Å². The Bertz CT molecular complexity index is 354. The van der Waals surface area contributed by atoms with E-state index in [-0.39, 0.29) is 15.6 Å². The maximum Gasteiger partial charge on any atom is 0.300 e. The van der Waals surface area contributed by atoms with Crippen molar-refractivity contribution < 1.29 is 13.6 Å². The topological polar surface area (TPSA) is 17.1 Å². The number of hydrogen-bond donors (Lipinski definition) is 0. The van der Waals surface area contributed by atoms with E-state index in [0.29, 0.717) is 5.56 Å². The van der Waals surface area contributed by atoms with E-state index in [9.17, 15) is 13.6 Å². The lowest BCUT2D eigenvalue weighted by Gasteiger charge is -2.04. The molecular weight excluding hydrogens is 233 g/mol.